The van der Waals surface area contributed by atoms with Crippen molar-refractivity contribution in [2.75, 3.05) is 59.9 Å². The van der Waals surface area contributed by atoms with Crippen molar-refractivity contribution in [2.24, 2.45) is 4.99 Å². The summed E-state index contributed by atoms with van der Waals surface area (Å²) in [4.78, 5) is 9.24. The van der Waals surface area contributed by atoms with Gasteiger partial charge in [-0.2, -0.15) is 0 Å². The number of aliphatic imine (C=N–C) groups is 1. The Morgan fingerprint density at radius 1 is 1.15 bits per heavy atom. The fourth-order valence-corrected chi connectivity index (χ4v) is 3.31. The van der Waals surface area contributed by atoms with Crippen LogP contribution < -0.4 is 10.6 Å². The van der Waals surface area contributed by atoms with Gasteiger partial charge in [-0.3, -0.25) is 4.99 Å². The largest absolute Gasteiger partial charge is 0.356 e. The van der Waals surface area contributed by atoms with E-state index in [2.05, 4.69) is 32.5 Å². The Kier molecular flexibility index (Phi) is 11.9. The molecule has 0 atom stereocenters. The van der Waals surface area contributed by atoms with Crippen LogP contribution in [0.25, 0.3) is 0 Å². The second-order valence-corrected chi connectivity index (χ2v) is 7.10. The molecule has 7 heteroatoms. The maximum Gasteiger partial charge on any atom is 0.190 e. The minimum Gasteiger partial charge on any atom is -0.356 e. The van der Waals surface area contributed by atoms with E-state index in [1.165, 1.54) is 44.2 Å². The number of benzene rings is 1. The Hall–Kier alpha value is -0.930. The van der Waals surface area contributed by atoms with Crippen molar-refractivity contribution in [3.63, 3.8) is 0 Å². The number of rotatable bonds is 7. The number of nitrogens with zero attached hydrogens (tertiary/aromatic N) is 3. The molecular weight excluding hydrogens is 456 g/mol. The third kappa shape index (κ3) is 9.21. The number of halogens is 2. The quantitative estimate of drug-likeness (QED) is 0.266. The maximum atomic E-state index is 13.2. The van der Waals surface area contributed by atoms with Gasteiger partial charge in [-0.25, -0.2) is 4.39 Å². The van der Waals surface area contributed by atoms with Gasteiger partial charge in [0.1, 0.15) is 5.82 Å². The van der Waals surface area contributed by atoms with Crippen LogP contribution in [0.2, 0.25) is 0 Å². The standard InChI is InChI=1S/C20H34FN5.HI/c1-17-16-19(21)7-6-18(17)8-10-24-20(22-2)23-9-4-12-26-13-5-11-25(3)14-15-26;/h6-7,16H,4-5,8-15H2,1-3H3,(H2,22,23,24);1H. The highest BCUT2D eigenvalue weighted by molar-refractivity contribution is 14.0. The molecule has 0 aromatic heterocycles. The van der Waals surface area contributed by atoms with Crippen LogP contribution in [0.15, 0.2) is 23.2 Å². The van der Waals surface area contributed by atoms with Crippen LogP contribution in [0, 0.1) is 12.7 Å². The van der Waals surface area contributed by atoms with Gasteiger partial charge in [0.25, 0.3) is 0 Å². The van der Waals surface area contributed by atoms with E-state index in [0.29, 0.717) is 0 Å². The van der Waals surface area contributed by atoms with Gasteiger partial charge in [-0.15, -0.1) is 24.0 Å². The predicted molar refractivity (Wildman–Crippen MR) is 123 cm³/mol. The molecule has 0 saturated carbocycles. The van der Waals surface area contributed by atoms with Crippen molar-refractivity contribution in [3.8, 4) is 0 Å². The summed E-state index contributed by atoms with van der Waals surface area (Å²) in [5.74, 6) is 0.660. The summed E-state index contributed by atoms with van der Waals surface area (Å²) in [5.41, 5.74) is 2.17. The Balaban J connectivity index is 0.00000364. The summed E-state index contributed by atoms with van der Waals surface area (Å²) in [6.07, 6.45) is 3.23. The van der Waals surface area contributed by atoms with Crippen molar-refractivity contribution in [2.45, 2.75) is 26.2 Å². The van der Waals surface area contributed by atoms with Crippen LogP contribution in [-0.4, -0.2) is 75.7 Å². The monoisotopic (exact) mass is 491 g/mol. The number of hydrogen-bond acceptors (Lipinski definition) is 3. The van der Waals surface area contributed by atoms with Gasteiger partial charge >= 0.3 is 0 Å². The van der Waals surface area contributed by atoms with E-state index in [0.717, 1.165) is 44.0 Å². The molecule has 0 spiro atoms. The number of likely N-dealkylation sites (N-methyl/N-ethyl adjacent to an activating group) is 1. The highest BCUT2D eigenvalue weighted by Crippen LogP contribution is 2.10. The lowest BCUT2D eigenvalue weighted by Crippen LogP contribution is -2.40. The third-order valence-electron chi connectivity index (χ3n) is 4.97. The molecule has 2 rings (SSSR count). The average Bonchev–Trinajstić information content (AvgIpc) is 2.83. The lowest BCUT2D eigenvalue weighted by Gasteiger charge is -2.20. The van der Waals surface area contributed by atoms with Crippen LogP contribution in [0.4, 0.5) is 4.39 Å². The Morgan fingerprint density at radius 2 is 1.93 bits per heavy atom. The van der Waals surface area contributed by atoms with Gasteiger partial charge in [0.15, 0.2) is 5.96 Å². The highest BCUT2D eigenvalue weighted by Gasteiger charge is 2.11. The molecule has 1 heterocycles. The fraction of sp³-hybridized carbons (Fsp3) is 0.650. The summed E-state index contributed by atoms with van der Waals surface area (Å²) in [7, 11) is 4.00. The number of nitrogens with one attached hydrogen (secondary N) is 2. The van der Waals surface area contributed by atoms with Crippen LogP contribution in [0.1, 0.15) is 24.0 Å². The molecule has 5 nitrogen and oxygen atoms in total. The molecule has 0 bridgehead atoms. The van der Waals surface area contributed by atoms with Crippen LogP contribution in [0.5, 0.6) is 0 Å². The molecule has 0 amide bonds. The fourth-order valence-electron chi connectivity index (χ4n) is 3.31. The molecule has 1 aliphatic heterocycles. The van der Waals surface area contributed by atoms with Gasteiger partial charge in [-0.05, 0) is 76.1 Å². The highest BCUT2D eigenvalue weighted by atomic mass is 127. The smallest absolute Gasteiger partial charge is 0.190 e. The van der Waals surface area contributed by atoms with Crippen molar-refractivity contribution < 1.29 is 4.39 Å². The summed E-state index contributed by atoms with van der Waals surface area (Å²) in [6, 6.07) is 4.97. The Labute approximate surface area is 180 Å². The van der Waals surface area contributed by atoms with Crippen molar-refractivity contribution in [1.82, 2.24) is 20.4 Å². The minimum absolute atomic E-state index is 0. The lowest BCUT2D eigenvalue weighted by molar-refractivity contribution is 0.274. The first-order chi connectivity index (χ1) is 12.6. The summed E-state index contributed by atoms with van der Waals surface area (Å²) in [5, 5.41) is 6.72. The molecule has 1 aliphatic rings. The second-order valence-electron chi connectivity index (χ2n) is 7.10. The van der Waals surface area contributed by atoms with E-state index in [-0.39, 0.29) is 29.8 Å². The molecule has 1 saturated heterocycles. The molecule has 1 fully saturated rings. The first-order valence-corrected chi connectivity index (χ1v) is 9.69. The molecular formula is C20H35FIN5. The van der Waals surface area contributed by atoms with Gasteiger partial charge in [0.2, 0.25) is 0 Å². The van der Waals surface area contributed by atoms with Gasteiger partial charge < -0.3 is 20.4 Å². The van der Waals surface area contributed by atoms with E-state index in [1.807, 2.05) is 13.0 Å². The first kappa shape index (κ1) is 24.1. The van der Waals surface area contributed by atoms with Gasteiger partial charge in [0.05, 0.1) is 0 Å². The zero-order valence-electron chi connectivity index (χ0n) is 16.9. The lowest BCUT2D eigenvalue weighted by atomic mass is 10.1. The van der Waals surface area contributed by atoms with Crippen molar-refractivity contribution >= 4 is 29.9 Å². The zero-order valence-corrected chi connectivity index (χ0v) is 19.3. The second kappa shape index (κ2) is 13.3. The van der Waals surface area contributed by atoms with E-state index >= 15 is 0 Å². The topological polar surface area (TPSA) is 42.9 Å². The molecule has 1 aromatic carbocycles. The number of guanidine groups is 1. The first-order valence-electron chi connectivity index (χ1n) is 9.69. The Bertz CT molecular complexity index is 581. The molecule has 1 aromatic rings. The molecule has 0 unspecified atom stereocenters. The number of aryl methyl sites for hydroxylation is 1. The summed E-state index contributed by atoms with van der Waals surface area (Å²) in [6.45, 7) is 9.53. The molecule has 154 valence electrons. The normalized spacial score (nSPS) is 16.5. The van der Waals surface area contributed by atoms with E-state index < -0.39 is 0 Å². The third-order valence-corrected chi connectivity index (χ3v) is 4.97. The molecule has 2 N–H and O–H groups in total. The SMILES string of the molecule is CN=C(NCCCN1CCCN(C)CC1)NCCc1ccc(F)cc1C.I. The minimum atomic E-state index is -0.173. The molecule has 0 aliphatic carbocycles. The predicted octanol–water partition coefficient (Wildman–Crippen LogP) is 2.49. The summed E-state index contributed by atoms with van der Waals surface area (Å²) < 4.78 is 13.2. The Morgan fingerprint density at radius 3 is 2.67 bits per heavy atom. The van der Waals surface area contributed by atoms with Crippen molar-refractivity contribution in [1.29, 1.82) is 0 Å². The van der Waals surface area contributed by atoms with Crippen LogP contribution in [-0.2, 0) is 6.42 Å². The van der Waals surface area contributed by atoms with Gasteiger partial charge in [0, 0.05) is 33.2 Å². The molecule has 0 radical (unpaired) electrons. The molecule has 27 heavy (non-hydrogen) atoms. The number of hydrogen-bond donors (Lipinski definition) is 2. The van der Waals surface area contributed by atoms with Crippen LogP contribution >= 0.6 is 24.0 Å². The maximum absolute atomic E-state index is 13.2. The van der Waals surface area contributed by atoms with E-state index in [1.54, 1.807) is 13.1 Å². The zero-order chi connectivity index (χ0) is 18.8. The van der Waals surface area contributed by atoms with Crippen LogP contribution in [0.3, 0.4) is 0 Å². The van der Waals surface area contributed by atoms with E-state index in [9.17, 15) is 4.39 Å². The summed E-state index contributed by atoms with van der Waals surface area (Å²) >= 11 is 0. The average molecular weight is 491 g/mol. The van der Waals surface area contributed by atoms with Crippen molar-refractivity contribution in [3.05, 3.63) is 35.1 Å². The van der Waals surface area contributed by atoms with Gasteiger partial charge in [-0.1, -0.05) is 6.07 Å². The van der Waals surface area contributed by atoms with E-state index in [4.69, 9.17) is 0 Å².